The smallest absolute Gasteiger partial charge is 0.0267 e. The molecule has 1 unspecified atom stereocenters. The van der Waals surface area contributed by atoms with E-state index in [-0.39, 0.29) is 0 Å². The third-order valence-corrected chi connectivity index (χ3v) is 1.05. The van der Waals surface area contributed by atoms with Crippen LogP contribution in [-0.4, -0.2) is 0 Å². The predicted molar refractivity (Wildman–Crippen MR) is 78.1 cm³/mol. The zero-order valence-electron chi connectivity index (χ0n) is 12.0. The molecule has 0 heterocycles. The minimum Gasteiger partial charge on any atom is -0.124 e. The highest BCUT2D eigenvalue weighted by atomic mass is 13.9. The van der Waals surface area contributed by atoms with Gasteiger partial charge in [0.2, 0.25) is 0 Å². The lowest BCUT2D eigenvalue weighted by Gasteiger charge is -1.93. The van der Waals surface area contributed by atoms with Gasteiger partial charge in [0.15, 0.2) is 0 Å². The fraction of sp³-hybridized carbons (Fsp3) is 0.600. The van der Waals surface area contributed by atoms with Crippen molar-refractivity contribution in [1.29, 1.82) is 0 Å². The Bertz CT molecular complexity index is 87.5. The maximum atomic E-state index is 4.00. The number of allylic oxidation sites excluding steroid dienone is 2. The lowest BCUT2D eigenvalue weighted by atomic mass is 10.1. The first-order valence-corrected chi connectivity index (χ1v) is 5.75. The fourth-order valence-electron chi connectivity index (χ4n) is 0.167. The predicted octanol–water partition coefficient (Wildman–Crippen LogP) is 5.71. The van der Waals surface area contributed by atoms with Gasteiger partial charge in [0.05, 0.1) is 0 Å². The molecular formula is C15H32. The van der Waals surface area contributed by atoms with Gasteiger partial charge in [0.25, 0.3) is 0 Å². The standard InChI is InChI=1S/C6H12.C3H6.2C2H6.C2H2/c1-4-6(3)5-2;1-3-2;3*1-2/h4,6H,1,5H2,2-3H3;3H,1H2,2H3;2*1-2H3;1-2H. The Hall–Kier alpha value is -0.960. The van der Waals surface area contributed by atoms with E-state index in [9.17, 15) is 0 Å². The Morgan fingerprint density at radius 3 is 1.27 bits per heavy atom. The first-order chi connectivity index (χ1) is 7.22. The van der Waals surface area contributed by atoms with Crippen molar-refractivity contribution in [1.82, 2.24) is 0 Å². The van der Waals surface area contributed by atoms with Crippen molar-refractivity contribution in [3.63, 3.8) is 0 Å². The van der Waals surface area contributed by atoms with E-state index in [2.05, 4.69) is 39.9 Å². The zero-order chi connectivity index (χ0) is 13.7. The quantitative estimate of drug-likeness (QED) is 0.406. The average Bonchev–Trinajstić information content (AvgIpc) is 2.36. The molecule has 0 aliphatic carbocycles. The van der Waals surface area contributed by atoms with Crippen LogP contribution >= 0.6 is 0 Å². The summed E-state index contributed by atoms with van der Waals surface area (Å²) in [6.07, 6.45) is 12.9. The van der Waals surface area contributed by atoms with Gasteiger partial charge < -0.3 is 0 Å². The van der Waals surface area contributed by atoms with E-state index in [4.69, 9.17) is 0 Å². The molecule has 0 saturated carbocycles. The fourth-order valence-corrected chi connectivity index (χ4v) is 0.167. The molecule has 0 aromatic rings. The van der Waals surface area contributed by atoms with Crippen LogP contribution in [0.15, 0.2) is 25.3 Å². The molecule has 1 atom stereocenters. The molecule has 0 aromatic heterocycles. The second-order valence-corrected chi connectivity index (χ2v) is 2.03. The van der Waals surface area contributed by atoms with E-state index >= 15 is 0 Å². The summed E-state index contributed by atoms with van der Waals surface area (Å²) in [5, 5.41) is 0. The van der Waals surface area contributed by atoms with Crippen molar-refractivity contribution < 1.29 is 0 Å². The summed E-state index contributed by atoms with van der Waals surface area (Å²) in [6.45, 7) is 21.2. The molecule has 0 saturated heterocycles. The molecule has 92 valence electrons. The second-order valence-electron chi connectivity index (χ2n) is 2.03. The Labute approximate surface area is 99.5 Å². The first-order valence-electron chi connectivity index (χ1n) is 5.75. The van der Waals surface area contributed by atoms with Gasteiger partial charge in [-0.3, -0.25) is 0 Å². The van der Waals surface area contributed by atoms with Gasteiger partial charge in [-0.05, 0) is 12.8 Å². The van der Waals surface area contributed by atoms with Crippen LogP contribution < -0.4 is 0 Å². The minimum atomic E-state index is 0.699. The van der Waals surface area contributed by atoms with Crippen molar-refractivity contribution in [2.24, 2.45) is 5.92 Å². The summed E-state index contributed by atoms with van der Waals surface area (Å²) in [7, 11) is 0. The topological polar surface area (TPSA) is 0 Å². The minimum absolute atomic E-state index is 0.699. The molecule has 0 nitrogen and oxygen atoms in total. The van der Waals surface area contributed by atoms with Crippen molar-refractivity contribution in [3.05, 3.63) is 25.3 Å². The molecule has 0 fully saturated rings. The summed E-state index contributed by atoms with van der Waals surface area (Å²) in [4.78, 5) is 0. The van der Waals surface area contributed by atoms with E-state index in [0.29, 0.717) is 5.92 Å². The van der Waals surface area contributed by atoms with Gasteiger partial charge in [0, 0.05) is 0 Å². The van der Waals surface area contributed by atoms with Crippen molar-refractivity contribution in [3.8, 4) is 12.8 Å². The molecule has 0 radical (unpaired) electrons. The largest absolute Gasteiger partial charge is 0.124 e. The number of hydrogen-bond donors (Lipinski definition) is 0. The summed E-state index contributed by atoms with van der Waals surface area (Å²) in [6, 6.07) is 0. The summed E-state index contributed by atoms with van der Waals surface area (Å²) >= 11 is 0. The Balaban J connectivity index is -0.0000000318. The van der Waals surface area contributed by atoms with Crippen LogP contribution in [0.4, 0.5) is 0 Å². The molecule has 0 N–H and O–H groups in total. The highest BCUT2D eigenvalue weighted by Gasteiger charge is 1.84. The van der Waals surface area contributed by atoms with Crippen LogP contribution in [0.25, 0.3) is 0 Å². The normalized spacial score (nSPS) is 7.27. The SMILES string of the molecule is C#C.C=CC.C=CC(C)CC.CC.CC. The number of hydrogen-bond acceptors (Lipinski definition) is 0. The molecule has 0 aliphatic rings. The van der Waals surface area contributed by atoms with Crippen molar-refractivity contribution in [2.75, 3.05) is 0 Å². The molecule has 0 bridgehead atoms. The molecule has 15 heavy (non-hydrogen) atoms. The summed E-state index contributed by atoms with van der Waals surface area (Å²) in [5.74, 6) is 0.699. The lowest BCUT2D eigenvalue weighted by Crippen LogP contribution is -1.80. The van der Waals surface area contributed by atoms with Crippen molar-refractivity contribution >= 4 is 0 Å². The van der Waals surface area contributed by atoms with E-state index in [1.165, 1.54) is 6.42 Å². The molecule has 0 heteroatoms. The number of terminal acetylenes is 1. The zero-order valence-corrected chi connectivity index (χ0v) is 12.0. The van der Waals surface area contributed by atoms with Crippen molar-refractivity contribution in [2.45, 2.75) is 54.9 Å². The van der Waals surface area contributed by atoms with Gasteiger partial charge in [0.1, 0.15) is 0 Å². The first kappa shape index (κ1) is 29.2. The molecule has 0 aliphatic heterocycles. The van der Waals surface area contributed by atoms with Crippen LogP contribution in [0.1, 0.15) is 54.9 Å². The molecular weight excluding hydrogens is 180 g/mol. The average molecular weight is 212 g/mol. The Kier molecular flexibility index (Phi) is 145. The van der Waals surface area contributed by atoms with E-state index in [1.807, 2.05) is 40.7 Å². The van der Waals surface area contributed by atoms with E-state index < -0.39 is 0 Å². The molecule has 0 amide bonds. The summed E-state index contributed by atoms with van der Waals surface area (Å²) in [5.41, 5.74) is 0. The second kappa shape index (κ2) is 74.4. The third kappa shape index (κ3) is 172. The van der Waals surface area contributed by atoms with Crippen LogP contribution in [-0.2, 0) is 0 Å². The monoisotopic (exact) mass is 212 g/mol. The van der Waals surface area contributed by atoms with Gasteiger partial charge in [-0.2, -0.15) is 0 Å². The molecule has 0 aromatic carbocycles. The van der Waals surface area contributed by atoms with Crippen LogP contribution in [0.3, 0.4) is 0 Å². The summed E-state index contributed by atoms with van der Waals surface area (Å²) < 4.78 is 0. The Morgan fingerprint density at radius 2 is 1.27 bits per heavy atom. The molecule has 0 spiro atoms. The highest BCUT2D eigenvalue weighted by molar-refractivity contribution is 4.72. The highest BCUT2D eigenvalue weighted by Crippen LogP contribution is 1.98. The van der Waals surface area contributed by atoms with E-state index in [0.717, 1.165) is 0 Å². The van der Waals surface area contributed by atoms with Crippen LogP contribution in [0.2, 0.25) is 0 Å². The van der Waals surface area contributed by atoms with Crippen LogP contribution in [0, 0.1) is 18.8 Å². The maximum absolute atomic E-state index is 4.00. The Morgan fingerprint density at radius 1 is 1.07 bits per heavy atom. The van der Waals surface area contributed by atoms with E-state index in [1.54, 1.807) is 6.08 Å². The van der Waals surface area contributed by atoms with Gasteiger partial charge in [-0.1, -0.05) is 60.1 Å². The van der Waals surface area contributed by atoms with Gasteiger partial charge in [-0.25, -0.2) is 0 Å². The number of rotatable bonds is 2. The van der Waals surface area contributed by atoms with Gasteiger partial charge in [-0.15, -0.1) is 26.0 Å². The lowest BCUT2D eigenvalue weighted by molar-refractivity contribution is 0.700. The maximum Gasteiger partial charge on any atom is -0.0267 e. The van der Waals surface area contributed by atoms with Gasteiger partial charge >= 0.3 is 0 Å². The van der Waals surface area contributed by atoms with Crippen LogP contribution in [0.5, 0.6) is 0 Å². The molecule has 0 rings (SSSR count). The third-order valence-electron chi connectivity index (χ3n) is 1.05.